The first-order valence-electron chi connectivity index (χ1n) is 4.09. The van der Waals surface area contributed by atoms with E-state index in [0.29, 0.717) is 0 Å². The van der Waals surface area contributed by atoms with Gasteiger partial charge < -0.3 is 15.9 Å². The molecule has 0 rings (SSSR count). The molecule has 0 aromatic heterocycles. The van der Waals surface area contributed by atoms with Gasteiger partial charge in [-0.2, -0.15) is 0 Å². The van der Waals surface area contributed by atoms with Crippen molar-refractivity contribution < 1.29 is 19.8 Å². The van der Waals surface area contributed by atoms with Crippen molar-refractivity contribution in [3.63, 3.8) is 0 Å². The second kappa shape index (κ2) is 5.21. The summed E-state index contributed by atoms with van der Waals surface area (Å²) in [7, 11) is 0. The third-order valence-electron chi connectivity index (χ3n) is 1.70. The zero-order valence-electron chi connectivity index (χ0n) is 8.10. The maximum atomic E-state index is 10.7. The maximum absolute atomic E-state index is 10.7. The number of carboxylic acid groups (broad SMARTS) is 2. The smallest absolute Gasteiger partial charge is 0.309 e. The minimum Gasteiger partial charge on any atom is -0.481 e. The number of aliphatic imine (C=N–C) groups is 1. The Balaban J connectivity index is 4.57. The lowest BCUT2D eigenvalue weighted by atomic mass is 9.98. The van der Waals surface area contributed by atoms with Crippen molar-refractivity contribution in [2.75, 3.05) is 0 Å². The van der Waals surface area contributed by atoms with Crippen LogP contribution >= 0.6 is 0 Å². The van der Waals surface area contributed by atoms with Crippen LogP contribution in [0.2, 0.25) is 0 Å². The van der Waals surface area contributed by atoms with E-state index in [9.17, 15) is 9.59 Å². The third kappa shape index (κ3) is 4.44. The fraction of sp³-hybridized carbons (Fsp3) is 0.625. The second-order valence-electron chi connectivity index (χ2n) is 3.05. The molecule has 6 heteroatoms. The molecule has 14 heavy (non-hydrogen) atoms. The summed E-state index contributed by atoms with van der Waals surface area (Å²) in [5, 5.41) is 17.2. The Bertz CT molecular complexity index is 258. The lowest BCUT2D eigenvalue weighted by Crippen LogP contribution is -2.28. The summed E-state index contributed by atoms with van der Waals surface area (Å²) in [6.45, 7) is 3.05. The van der Waals surface area contributed by atoms with Crippen LogP contribution in [0.1, 0.15) is 20.3 Å². The van der Waals surface area contributed by atoms with E-state index >= 15 is 0 Å². The fourth-order valence-electron chi connectivity index (χ4n) is 1.06. The Kier molecular flexibility index (Phi) is 4.62. The molecule has 0 aliphatic rings. The van der Waals surface area contributed by atoms with Crippen molar-refractivity contribution in [3.05, 3.63) is 0 Å². The molecule has 0 saturated carbocycles. The molecule has 0 fully saturated rings. The Morgan fingerprint density at radius 2 is 1.93 bits per heavy atom. The number of carboxylic acids is 2. The minimum atomic E-state index is -1.18. The Morgan fingerprint density at radius 1 is 1.43 bits per heavy atom. The Hall–Kier alpha value is -1.59. The standard InChI is InChI=1S/C8H14N2O4/c1-4(10-5(2)9)6(8(13)14)3-7(11)12/h4,6H,3H2,1-2H3,(H2,9,10)(H,11,12)(H,13,14). The summed E-state index contributed by atoms with van der Waals surface area (Å²) in [5.74, 6) is -3.13. The number of nitrogens with two attached hydrogens (primary N) is 1. The molecule has 0 radical (unpaired) electrons. The summed E-state index contributed by atoms with van der Waals surface area (Å²) in [6, 6.07) is -0.631. The first-order chi connectivity index (χ1) is 6.34. The molecule has 2 atom stereocenters. The maximum Gasteiger partial charge on any atom is 0.309 e. The highest BCUT2D eigenvalue weighted by Crippen LogP contribution is 2.12. The number of carbonyl (C=O) groups is 2. The van der Waals surface area contributed by atoms with Gasteiger partial charge in [-0.05, 0) is 13.8 Å². The summed E-state index contributed by atoms with van der Waals surface area (Å²) in [5.41, 5.74) is 5.27. The van der Waals surface area contributed by atoms with Gasteiger partial charge in [-0.15, -0.1) is 0 Å². The van der Waals surface area contributed by atoms with E-state index in [4.69, 9.17) is 15.9 Å². The topological polar surface area (TPSA) is 113 Å². The highest BCUT2D eigenvalue weighted by Gasteiger charge is 2.26. The fourth-order valence-corrected chi connectivity index (χ4v) is 1.06. The number of amidine groups is 1. The molecule has 0 spiro atoms. The van der Waals surface area contributed by atoms with Crippen molar-refractivity contribution >= 4 is 17.8 Å². The molecule has 2 unspecified atom stereocenters. The van der Waals surface area contributed by atoms with E-state index in [-0.39, 0.29) is 5.84 Å². The van der Waals surface area contributed by atoms with Crippen LogP contribution in [-0.4, -0.2) is 34.0 Å². The van der Waals surface area contributed by atoms with Gasteiger partial charge in [-0.3, -0.25) is 14.6 Å². The quantitative estimate of drug-likeness (QED) is 0.426. The zero-order chi connectivity index (χ0) is 11.3. The average Bonchev–Trinajstić information content (AvgIpc) is 1.97. The lowest BCUT2D eigenvalue weighted by molar-refractivity contribution is -0.148. The van der Waals surface area contributed by atoms with Gasteiger partial charge in [0.15, 0.2) is 0 Å². The van der Waals surface area contributed by atoms with Gasteiger partial charge in [0.25, 0.3) is 0 Å². The predicted molar refractivity (Wildman–Crippen MR) is 50.1 cm³/mol. The first-order valence-corrected chi connectivity index (χ1v) is 4.09. The van der Waals surface area contributed by atoms with E-state index in [1.807, 2.05) is 0 Å². The normalized spacial score (nSPS) is 16.0. The number of rotatable bonds is 5. The van der Waals surface area contributed by atoms with E-state index < -0.39 is 30.3 Å². The molecule has 0 saturated heterocycles. The number of hydrogen-bond donors (Lipinski definition) is 3. The predicted octanol–water partition coefficient (Wildman–Crippen LogP) is -0.0725. The molecule has 0 aromatic rings. The molecule has 0 amide bonds. The largest absolute Gasteiger partial charge is 0.481 e. The molecule has 0 heterocycles. The van der Waals surface area contributed by atoms with E-state index in [1.165, 1.54) is 13.8 Å². The number of aliphatic carboxylic acids is 2. The molecule has 0 bridgehead atoms. The van der Waals surface area contributed by atoms with Crippen LogP contribution in [0.4, 0.5) is 0 Å². The van der Waals surface area contributed by atoms with Crippen LogP contribution in [0, 0.1) is 5.92 Å². The van der Waals surface area contributed by atoms with Crippen LogP contribution in [0.5, 0.6) is 0 Å². The third-order valence-corrected chi connectivity index (χ3v) is 1.70. The average molecular weight is 202 g/mol. The van der Waals surface area contributed by atoms with Gasteiger partial charge in [0, 0.05) is 0 Å². The monoisotopic (exact) mass is 202 g/mol. The molecule has 0 aliphatic heterocycles. The van der Waals surface area contributed by atoms with Gasteiger partial charge in [0.05, 0.1) is 24.2 Å². The van der Waals surface area contributed by atoms with Crippen LogP contribution in [-0.2, 0) is 9.59 Å². The zero-order valence-corrected chi connectivity index (χ0v) is 8.10. The van der Waals surface area contributed by atoms with Gasteiger partial charge in [0.1, 0.15) is 0 Å². The molecule has 0 aliphatic carbocycles. The highest BCUT2D eigenvalue weighted by molar-refractivity contribution is 5.80. The summed E-state index contributed by atoms with van der Waals surface area (Å²) in [6.07, 6.45) is -0.451. The number of hydrogen-bond acceptors (Lipinski definition) is 3. The van der Waals surface area contributed by atoms with E-state index in [1.54, 1.807) is 0 Å². The van der Waals surface area contributed by atoms with Crippen molar-refractivity contribution in [3.8, 4) is 0 Å². The molecule has 6 nitrogen and oxygen atoms in total. The van der Waals surface area contributed by atoms with Crippen LogP contribution in [0.3, 0.4) is 0 Å². The van der Waals surface area contributed by atoms with Gasteiger partial charge >= 0.3 is 11.9 Å². The van der Waals surface area contributed by atoms with Crippen molar-refractivity contribution in [1.29, 1.82) is 0 Å². The summed E-state index contributed by atoms with van der Waals surface area (Å²) in [4.78, 5) is 24.8. The van der Waals surface area contributed by atoms with Gasteiger partial charge in [-0.25, -0.2) is 0 Å². The Morgan fingerprint density at radius 3 is 2.21 bits per heavy atom. The van der Waals surface area contributed by atoms with Crippen molar-refractivity contribution in [1.82, 2.24) is 0 Å². The first kappa shape index (κ1) is 12.4. The molecular weight excluding hydrogens is 188 g/mol. The Labute approximate surface area is 81.4 Å². The van der Waals surface area contributed by atoms with Gasteiger partial charge in [0.2, 0.25) is 0 Å². The van der Waals surface area contributed by atoms with Crippen molar-refractivity contribution in [2.45, 2.75) is 26.3 Å². The van der Waals surface area contributed by atoms with Crippen LogP contribution < -0.4 is 5.73 Å². The van der Waals surface area contributed by atoms with Gasteiger partial charge in [-0.1, -0.05) is 0 Å². The minimum absolute atomic E-state index is 0.245. The summed E-state index contributed by atoms with van der Waals surface area (Å²) >= 11 is 0. The number of nitrogens with zero attached hydrogens (tertiary/aromatic N) is 1. The lowest BCUT2D eigenvalue weighted by Gasteiger charge is -2.14. The summed E-state index contributed by atoms with van der Waals surface area (Å²) < 4.78 is 0. The van der Waals surface area contributed by atoms with Crippen LogP contribution in [0.15, 0.2) is 4.99 Å². The molecule has 0 aromatic carbocycles. The highest BCUT2D eigenvalue weighted by atomic mass is 16.4. The second-order valence-corrected chi connectivity index (χ2v) is 3.05. The molecular formula is C8H14N2O4. The van der Waals surface area contributed by atoms with Crippen molar-refractivity contribution in [2.24, 2.45) is 16.6 Å². The van der Waals surface area contributed by atoms with E-state index in [2.05, 4.69) is 4.99 Å². The van der Waals surface area contributed by atoms with E-state index in [0.717, 1.165) is 0 Å². The van der Waals surface area contributed by atoms with Crippen LogP contribution in [0.25, 0.3) is 0 Å². The SMILES string of the molecule is CC(N)=NC(C)C(CC(=O)O)C(=O)O. The molecule has 80 valence electrons. The molecule has 4 N–H and O–H groups in total.